The quantitative estimate of drug-likeness (QED) is 0.0313. The summed E-state index contributed by atoms with van der Waals surface area (Å²) in [5.41, 5.74) is 7.70. The van der Waals surface area contributed by atoms with Gasteiger partial charge in [-0.15, -0.1) is 0 Å². The molecule has 13 nitrogen and oxygen atoms in total. The van der Waals surface area contributed by atoms with Crippen molar-refractivity contribution >= 4 is 61.5 Å². The zero-order valence-corrected chi connectivity index (χ0v) is 58.0. The van der Waals surface area contributed by atoms with Crippen molar-refractivity contribution in [3.8, 4) is 28.4 Å². The summed E-state index contributed by atoms with van der Waals surface area (Å²) in [7, 11) is -1.40. The molecule has 0 spiro atoms. The van der Waals surface area contributed by atoms with Crippen LogP contribution >= 0.6 is 31.9 Å². The number of rotatable bonds is 18. The van der Waals surface area contributed by atoms with Crippen LogP contribution in [0.2, 0.25) is 0 Å². The number of hydrogen-bond donors (Lipinski definition) is 5. The minimum atomic E-state index is -4.90. The number of nitrogens with one attached hydrogen (secondary N) is 1. The minimum absolute atomic E-state index is 0. The Kier molecular flexibility index (Phi) is 33.0. The number of aliphatic hydroxyl groups excluding tert-OH is 2. The van der Waals surface area contributed by atoms with Crippen LogP contribution in [-0.4, -0.2) is 131 Å². The number of epoxide rings is 1. The second-order valence-electron chi connectivity index (χ2n) is 23.9. The number of alkyl halides is 21. The molecule has 2 aromatic heterocycles. The number of aliphatic hydroxyl groups is 2. The largest absolute Gasteiger partial charge is 0.490 e. The number of aromatic nitrogens is 2. The van der Waals surface area contributed by atoms with Gasteiger partial charge in [-0.1, -0.05) is 127 Å². The minimum Gasteiger partial charge on any atom is -0.428 e. The predicted molar refractivity (Wildman–Crippen MR) is 378 cm³/mol. The Morgan fingerprint density at radius 3 is 1.29 bits per heavy atom. The summed E-state index contributed by atoms with van der Waals surface area (Å²) in [5.74, 6) is -1.37. The molecule has 5 N–H and O–H groups in total. The molecule has 4 aliphatic heterocycles. The lowest BCUT2D eigenvalue weighted by Gasteiger charge is -2.41. The van der Waals surface area contributed by atoms with Crippen molar-refractivity contribution in [3.05, 3.63) is 219 Å². The molecule has 0 radical (unpaired) electrons. The predicted octanol–water partition coefficient (Wildman–Crippen LogP) is 19.9. The summed E-state index contributed by atoms with van der Waals surface area (Å²) < 4.78 is 285. The summed E-state index contributed by atoms with van der Waals surface area (Å²) >= 11 is 6.87. The second-order valence-corrected chi connectivity index (χ2v) is 25.7. The Labute approximate surface area is 635 Å². The van der Waals surface area contributed by atoms with E-state index in [4.69, 9.17) is 10.0 Å². The van der Waals surface area contributed by atoms with E-state index in [9.17, 15) is 102 Å². The molecular weight excluding hydrogens is 1640 g/mol. The average molecular weight is 1720 g/mol. The van der Waals surface area contributed by atoms with Crippen LogP contribution in [0.3, 0.4) is 0 Å². The van der Waals surface area contributed by atoms with E-state index in [0.29, 0.717) is 51.7 Å². The zero-order valence-electron chi connectivity index (χ0n) is 54.8. The van der Waals surface area contributed by atoms with Crippen molar-refractivity contribution in [2.24, 2.45) is 0 Å². The first kappa shape index (κ1) is 92.4. The number of ether oxygens (including phenoxy) is 4. The summed E-state index contributed by atoms with van der Waals surface area (Å²) in [6.07, 6.45) is -37.4. The fourth-order valence-corrected chi connectivity index (χ4v) is 12.5. The Morgan fingerprint density at radius 2 is 0.891 bits per heavy atom. The van der Waals surface area contributed by atoms with E-state index in [1.807, 2.05) is 30.3 Å². The molecule has 6 heterocycles. The summed E-state index contributed by atoms with van der Waals surface area (Å²) in [5, 5.41) is 40.0. The second kappa shape index (κ2) is 39.3. The molecule has 6 aromatic carbocycles. The molecule has 37 heteroatoms. The van der Waals surface area contributed by atoms with Gasteiger partial charge < -0.3 is 54.3 Å². The van der Waals surface area contributed by atoms with Gasteiger partial charge in [-0.3, -0.25) is 9.97 Å². The van der Waals surface area contributed by atoms with Crippen molar-refractivity contribution in [3.63, 3.8) is 0 Å². The third-order valence-electron chi connectivity index (χ3n) is 16.5. The third-order valence-corrected chi connectivity index (χ3v) is 18.0. The molecule has 0 amide bonds. The standard InChI is InChI=1S/C25H21F7N2O2.C20H17BrF7NO2.C17H14BrF4NO.C5H6BNO2.C3H3F3O.3CH4/c26-23(27)25(31,32)36-17-6-1-4-15(12-17)20-10-9-19-18(16-5-3-11-33-13-16)7-2-8-21(19)34(20)14-22(35)24(28,29)30;21-14-5-2-6-16-13(14)7-8-15(29(16)10-17(30)19(24,25)26)11-3-1-4-12(9-11)31-20(27,28)18(22)23;18-13-5-2-6-15-12(13)7-8-14(23-15)10-3-1-4-11(9-10)24-17(21,22)16(19)20;8-6(9)5-2-1-3-7-4-5;4-3(5,6)2-1-7-2;;;/h1-8,11-13,20,22-23,35H,9-10,14H2;1-6,9,15,17-18,30H,7-8,10H2;1-6,9,14,16,23H,7-8H2;1-4,8-9H;2H,1H2;3*1H4. The van der Waals surface area contributed by atoms with Gasteiger partial charge >= 0.3 is 63.2 Å². The monoisotopic (exact) mass is 1720 g/mol. The van der Waals surface area contributed by atoms with Crippen molar-refractivity contribution in [1.29, 1.82) is 0 Å². The highest BCUT2D eigenvalue weighted by Gasteiger charge is 2.50. The molecule has 12 rings (SSSR count). The van der Waals surface area contributed by atoms with Gasteiger partial charge in [-0.05, 0) is 156 Å². The van der Waals surface area contributed by atoms with E-state index in [-0.39, 0.29) is 52.7 Å². The highest BCUT2D eigenvalue weighted by molar-refractivity contribution is 9.10. The number of hydrogen-bond acceptors (Lipinski definition) is 13. The topological polar surface area (TPSA) is 165 Å². The smallest absolute Gasteiger partial charge is 0.428 e. The number of β-amino-alcohol motifs (C(OH)–C–C–N with tert-alkyl or cyclic N) is 2. The average Bonchev–Trinajstić information content (AvgIpc) is 0.819. The van der Waals surface area contributed by atoms with Crippen LogP contribution in [-0.2, 0) is 24.0 Å². The van der Waals surface area contributed by atoms with E-state index < -0.39 is 118 Å². The molecule has 1 saturated heterocycles. The molecule has 6 atom stereocenters. The molecule has 1 fully saturated rings. The zero-order chi connectivity index (χ0) is 78.6. The van der Waals surface area contributed by atoms with Crippen LogP contribution in [0.15, 0.2) is 185 Å². The van der Waals surface area contributed by atoms with E-state index in [1.54, 1.807) is 73.2 Å². The molecule has 6 unspecified atom stereocenters. The van der Waals surface area contributed by atoms with Crippen molar-refractivity contribution in [2.75, 3.05) is 34.8 Å². The SMILES string of the molecule is C.C.C.FC(F)(F)C1CO1.FC(F)C(F)(F)Oc1cccc(C2CCc3c(Br)cccc3N2)c1.OB(O)c1cccnc1.OC(CN1c2cccc(-c3cccnc3)c2CCC1c1cccc(OC(F)(F)C(F)F)c1)C(F)(F)F.OC(CN1c2cccc(Br)c2CCC1c1cccc(OC(F)(F)C(F)F)c1)C(F)(F)F. The van der Waals surface area contributed by atoms with Gasteiger partial charge in [-0.2, -0.15) is 92.2 Å². The summed E-state index contributed by atoms with van der Waals surface area (Å²) in [6, 6.07) is 36.8. The van der Waals surface area contributed by atoms with Crippen molar-refractivity contribution < 1.29 is 131 Å². The third kappa shape index (κ3) is 25.1. The lowest BCUT2D eigenvalue weighted by molar-refractivity contribution is -0.253. The maximum absolute atomic E-state index is 13.4. The fourth-order valence-electron chi connectivity index (χ4n) is 11.4. The van der Waals surface area contributed by atoms with E-state index >= 15 is 0 Å². The summed E-state index contributed by atoms with van der Waals surface area (Å²) in [4.78, 5) is 10.5. The van der Waals surface area contributed by atoms with Crippen LogP contribution in [0.4, 0.5) is 109 Å². The van der Waals surface area contributed by atoms with Crippen LogP contribution < -0.4 is 34.8 Å². The van der Waals surface area contributed by atoms with Gasteiger partial charge in [0.1, 0.15) is 17.2 Å². The highest BCUT2D eigenvalue weighted by atomic mass is 79.9. The Hall–Kier alpha value is -8.23. The molecule has 0 aliphatic carbocycles. The van der Waals surface area contributed by atoms with Crippen molar-refractivity contribution in [2.45, 2.75) is 153 Å². The molecule has 110 heavy (non-hydrogen) atoms. The number of nitrogens with zero attached hydrogens (tertiary/aromatic N) is 4. The van der Waals surface area contributed by atoms with E-state index in [1.165, 1.54) is 58.5 Å². The van der Waals surface area contributed by atoms with Crippen LogP contribution in [0.1, 0.15) is 93.0 Å². The fraction of sp³-hybridized carbons (Fsp3) is 0.370. The molecule has 0 bridgehead atoms. The first-order valence-corrected chi connectivity index (χ1v) is 33.4. The van der Waals surface area contributed by atoms with Crippen LogP contribution in [0.5, 0.6) is 17.2 Å². The molecule has 8 aromatic rings. The maximum atomic E-state index is 13.4. The normalized spacial score (nSPS) is 17.2. The van der Waals surface area contributed by atoms with E-state index in [0.717, 1.165) is 75.1 Å². The number of fused-ring (bicyclic) bond motifs is 3. The van der Waals surface area contributed by atoms with Gasteiger partial charge in [0.15, 0.2) is 18.3 Å². The van der Waals surface area contributed by atoms with Gasteiger partial charge in [0.05, 0.1) is 37.8 Å². The summed E-state index contributed by atoms with van der Waals surface area (Å²) in [6.45, 7) is -1.77. The van der Waals surface area contributed by atoms with Crippen LogP contribution in [0.25, 0.3) is 11.1 Å². The van der Waals surface area contributed by atoms with Gasteiger partial charge in [0.25, 0.3) is 0 Å². The number of pyridine rings is 2. The Balaban J connectivity index is 0.000000267. The lowest BCUT2D eigenvalue weighted by atomic mass is 9.82. The van der Waals surface area contributed by atoms with Crippen LogP contribution in [0, 0.1) is 0 Å². The Morgan fingerprint density at radius 1 is 0.491 bits per heavy atom. The van der Waals surface area contributed by atoms with Gasteiger partial charge in [0, 0.05) is 61.8 Å². The lowest BCUT2D eigenvalue weighted by Crippen LogP contribution is -2.44. The number of anilines is 3. The molecule has 0 saturated carbocycles. The molecular formula is C73H73BBr2F21N5O8. The highest BCUT2D eigenvalue weighted by Crippen LogP contribution is 2.47. The maximum Gasteiger partial charge on any atom is 0.490 e. The number of benzene rings is 6. The Bertz CT molecular complexity index is 4180. The number of halogens is 23. The first-order valence-electron chi connectivity index (χ1n) is 31.8. The molecule has 4 aliphatic rings. The molecule has 602 valence electrons. The van der Waals surface area contributed by atoms with Crippen molar-refractivity contribution in [1.82, 2.24) is 9.97 Å². The van der Waals surface area contributed by atoms with E-state index in [2.05, 4.69) is 66.1 Å². The first-order chi connectivity index (χ1) is 50.1. The van der Waals surface area contributed by atoms with Gasteiger partial charge in [0.2, 0.25) is 0 Å². The van der Waals surface area contributed by atoms with Gasteiger partial charge in [-0.25, -0.2) is 0 Å².